The van der Waals surface area contributed by atoms with Crippen LogP contribution < -0.4 is 0 Å². The van der Waals surface area contributed by atoms with E-state index in [1.165, 1.54) is 12.8 Å². The lowest BCUT2D eigenvalue weighted by molar-refractivity contribution is 0.0128. The average Bonchev–Trinajstić information content (AvgIpc) is 2.29. The minimum atomic E-state index is 0.00993. The van der Waals surface area contributed by atoms with Crippen molar-refractivity contribution in [2.45, 2.75) is 59.0 Å². The molecule has 0 rings (SSSR count). The molecule has 18 heavy (non-hydrogen) atoms. The van der Waals surface area contributed by atoms with Crippen molar-refractivity contribution in [2.75, 3.05) is 13.7 Å². The lowest BCUT2D eigenvalue weighted by atomic mass is 9.95. The van der Waals surface area contributed by atoms with E-state index in [1.807, 2.05) is 13.0 Å². The van der Waals surface area contributed by atoms with Gasteiger partial charge in [-0.1, -0.05) is 43.6 Å². The van der Waals surface area contributed by atoms with E-state index in [-0.39, 0.29) is 12.2 Å². The van der Waals surface area contributed by atoms with Crippen molar-refractivity contribution in [3.8, 4) is 0 Å². The van der Waals surface area contributed by atoms with Gasteiger partial charge in [0.05, 0.1) is 12.2 Å². The van der Waals surface area contributed by atoms with Crippen LogP contribution in [0, 0.1) is 5.92 Å². The molecule has 1 N–H and O–H groups in total. The first-order valence-corrected chi connectivity index (χ1v) is 6.90. The van der Waals surface area contributed by atoms with Crippen LogP contribution in [0.25, 0.3) is 0 Å². The Hall–Kier alpha value is -0.600. The molecule has 0 aromatic rings. The quantitative estimate of drug-likeness (QED) is 0.628. The van der Waals surface area contributed by atoms with Gasteiger partial charge in [0, 0.05) is 7.11 Å². The summed E-state index contributed by atoms with van der Waals surface area (Å²) in [5, 5.41) is 8.74. The summed E-state index contributed by atoms with van der Waals surface area (Å²) in [6, 6.07) is 0. The molecule has 1 unspecified atom stereocenters. The maximum absolute atomic E-state index is 8.74. The number of aliphatic hydroxyl groups is 1. The number of methoxy groups -OCH3 is 1. The largest absolute Gasteiger partial charge is 0.392 e. The molecule has 2 heteroatoms. The molecule has 0 aliphatic carbocycles. The third kappa shape index (κ3) is 9.43. The number of hydrogen-bond acceptors (Lipinski definition) is 2. The fraction of sp³-hybridized carbons (Fsp3) is 0.750. The van der Waals surface area contributed by atoms with E-state index in [9.17, 15) is 0 Å². The number of ether oxygens (including phenoxy) is 1. The molecule has 0 amide bonds. The van der Waals surface area contributed by atoms with Crippen molar-refractivity contribution >= 4 is 0 Å². The van der Waals surface area contributed by atoms with Crippen LogP contribution in [-0.2, 0) is 4.74 Å². The summed E-state index contributed by atoms with van der Waals surface area (Å²) in [6.45, 7) is 8.70. The maximum Gasteiger partial charge on any atom is 0.0622 e. The molecule has 2 nitrogen and oxygen atoms in total. The summed E-state index contributed by atoms with van der Waals surface area (Å²) in [5.74, 6) is 0.704. The zero-order valence-electron chi connectivity index (χ0n) is 12.7. The van der Waals surface area contributed by atoms with Gasteiger partial charge in [0.2, 0.25) is 0 Å². The van der Waals surface area contributed by atoms with Gasteiger partial charge in [-0.25, -0.2) is 0 Å². The fourth-order valence-corrected chi connectivity index (χ4v) is 1.79. The number of hydrogen-bond donors (Lipinski definition) is 1. The first-order chi connectivity index (χ1) is 8.41. The molecule has 0 aliphatic rings. The van der Waals surface area contributed by atoms with Crippen LogP contribution in [0.2, 0.25) is 0 Å². The van der Waals surface area contributed by atoms with Crippen LogP contribution in [0.3, 0.4) is 0 Å². The highest BCUT2D eigenvalue weighted by Crippen LogP contribution is 2.20. The van der Waals surface area contributed by atoms with Gasteiger partial charge in [-0.3, -0.25) is 0 Å². The van der Waals surface area contributed by atoms with Crippen molar-refractivity contribution in [1.29, 1.82) is 0 Å². The van der Waals surface area contributed by atoms with Gasteiger partial charge in [0.1, 0.15) is 0 Å². The topological polar surface area (TPSA) is 29.5 Å². The van der Waals surface area contributed by atoms with Crippen LogP contribution >= 0.6 is 0 Å². The maximum atomic E-state index is 8.74. The molecule has 0 bridgehead atoms. The smallest absolute Gasteiger partial charge is 0.0622 e. The summed E-state index contributed by atoms with van der Waals surface area (Å²) in [6.07, 6.45) is 10.8. The Kier molecular flexibility index (Phi) is 9.03. The molecule has 0 aromatic heterocycles. The highest BCUT2D eigenvalue weighted by molar-refractivity contribution is 5.15. The monoisotopic (exact) mass is 254 g/mol. The van der Waals surface area contributed by atoms with Gasteiger partial charge >= 0.3 is 0 Å². The van der Waals surface area contributed by atoms with Crippen LogP contribution in [0.1, 0.15) is 53.4 Å². The lowest BCUT2D eigenvalue weighted by Crippen LogP contribution is -2.22. The Bertz CT molecular complexity index is 264. The molecule has 0 radical (unpaired) electrons. The van der Waals surface area contributed by atoms with Gasteiger partial charge in [-0.05, 0) is 39.5 Å². The minimum absolute atomic E-state index is 0.00993. The molecule has 1 atom stereocenters. The Morgan fingerprint density at radius 2 is 2.06 bits per heavy atom. The molecule has 0 spiro atoms. The minimum Gasteiger partial charge on any atom is -0.392 e. The normalized spacial score (nSPS) is 15.3. The predicted octanol–water partition coefficient (Wildman–Crippen LogP) is 4.10. The Morgan fingerprint density at radius 1 is 1.39 bits per heavy atom. The third-order valence-corrected chi connectivity index (χ3v) is 3.36. The van der Waals surface area contributed by atoms with Crippen molar-refractivity contribution < 1.29 is 9.84 Å². The molecular weight excluding hydrogens is 224 g/mol. The summed E-state index contributed by atoms with van der Waals surface area (Å²) < 4.78 is 5.41. The summed E-state index contributed by atoms with van der Waals surface area (Å²) in [7, 11) is 1.78. The van der Waals surface area contributed by atoms with Crippen molar-refractivity contribution in [1.82, 2.24) is 0 Å². The van der Waals surface area contributed by atoms with Crippen LogP contribution in [0.15, 0.2) is 23.8 Å². The number of aliphatic hydroxyl groups excluding tert-OH is 1. The molecule has 0 aromatic carbocycles. The van der Waals surface area contributed by atoms with Gasteiger partial charge < -0.3 is 9.84 Å². The van der Waals surface area contributed by atoms with Crippen molar-refractivity contribution in [2.24, 2.45) is 5.92 Å². The molecule has 0 saturated carbocycles. The summed E-state index contributed by atoms with van der Waals surface area (Å²) in [5.41, 5.74) is 1.14. The highest BCUT2D eigenvalue weighted by Gasteiger charge is 2.15. The summed E-state index contributed by atoms with van der Waals surface area (Å²) >= 11 is 0. The molecule has 0 heterocycles. The van der Waals surface area contributed by atoms with Gasteiger partial charge in [0.25, 0.3) is 0 Å². The van der Waals surface area contributed by atoms with Crippen molar-refractivity contribution in [3.63, 3.8) is 0 Å². The first kappa shape index (κ1) is 17.4. The third-order valence-electron chi connectivity index (χ3n) is 3.36. The van der Waals surface area contributed by atoms with Gasteiger partial charge in [0.15, 0.2) is 0 Å². The molecule has 106 valence electrons. The molecule has 0 aliphatic heterocycles. The predicted molar refractivity (Wildman–Crippen MR) is 78.7 cm³/mol. The van der Waals surface area contributed by atoms with Crippen LogP contribution in [-0.4, -0.2) is 24.4 Å². The standard InChI is InChI=1S/C16H30O2/c1-14(8-6-9-15(2)11-13-17)10-7-12-16(3,4)18-5/h6,9,11,14,17H,7-8,10,12-13H2,1-5H3/b9-6+,15-11+. The van der Waals surface area contributed by atoms with E-state index in [4.69, 9.17) is 9.84 Å². The van der Waals surface area contributed by atoms with Gasteiger partial charge in [-0.2, -0.15) is 0 Å². The lowest BCUT2D eigenvalue weighted by Gasteiger charge is -2.23. The van der Waals surface area contributed by atoms with E-state index in [1.54, 1.807) is 7.11 Å². The Morgan fingerprint density at radius 3 is 2.61 bits per heavy atom. The van der Waals surface area contributed by atoms with E-state index in [2.05, 4.69) is 32.9 Å². The highest BCUT2D eigenvalue weighted by atomic mass is 16.5. The number of allylic oxidation sites excluding steroid dienone is 3. The van der Waals surface area contributed by atoms with Crippen LogP contribution in [0.5, 0.6) is 0 Å². The second-order valence-electron chi connectivity index (χ2n) is 5.73. The van der Waals surface area contributed by atoms with Gasteiger partial charge in [-0.15, -0.1) is 0 Å². The average molecular weight is 254 g/mol. The number of rotatable bonds is 9. The first-order valence-electron chi connectivity index (χ1n) is 6.90. The summed E-state index contributed by atoms with van der Waals surface area (Å²) in [4.78, 5) is 0. The molecule has 0 saturated heterocycles. The molecule has 0 fully saturated rings. The van der Waals surface area contributed by atoms with E-state index < -0.39 is 0 Å². The SMILES string of the molecule is COC(C)(C)CCCC(C)C/C=C/C(C)=C/CO. The van der Waals surface area contributed by atoms with Crippen molar-refractivity contribution in [3.05, 3.63) is 23.8 Å². The Balaban J connectivity index is 3.79. The zero-order chi connectivity index (χ0) is 14.0. The second-order valence-corrected chi connectivity index (χ2v) is 5.73. The van der Waals surface area contributed by atoms with Crippen LogP contribution in [0.4, 0.5) is 0 Å². The zero-order valence-corrected chi connectivity index (χ0v) is 12.7. The van der Waals surface area contributed by atoms with E-state index >= 15 is 0 Å². The molecular formula is C16H30O2. The Labute approximate surface area is 113 Å². The van der Waals surface area contributed by atoms with E-state index in [0.29, 0.717) is 5.92 Å². The fourth-order valence-electron chi connectivity index (χ4n) is 1.79. The second kappa shape index (κ2) is 9.35. The van der Waals surface area contributed by atoms with E-state index in [0.717, 1.165) is 18.4 Å².